The molecule has 1 N–H and O–H groups in total. The van der Waals surface area contributed by atoms with Gasteiger partial charge in [-0.2, -0.15) is 0 Å². The molecular weight excluding hydrogens is 388 g/mol. The quantitative estimate of drug-likeness (QED) is 0.677. The fraction of sp³-hybridized carbons (Fsp3) is 0.304. The third-order valence-corrected chi connectivity index (χ3v) is 5.75. The van der Waals surface area contributed by atoms with Crippen molar-refractivity contribution in [2.45, 2.75) is 25.3 Å². The Labute approximate surface area is 174 Å². The number of para-hydroxylation sites is 1. The third kappa shape index (κ3) is 4.36. The predicted octanol–water partition coefficient (Wildman–Crippen LogP) is 4.40. The maximum Gasteiger partial charge on any atom is 0.287 e. The van der Waals surface area contributed by atoms with Gasteiger partial charge < -0.3 is 9.73 Å². The molecule has 5 nitrogen and oxygen atoms in total. The molecule has 0 aliphatic carbocycles. The number of hydrogen-bond acceptors (Lipinski definition) is 4. The molecule has 29 heavy (non-hydrogen) atoms. The van der Waals surface area contributed by atoms with E-state index in [2.05, 4.69) is 10.2 Å². The number of fused-ring (bicyclic) bond motifs is 1. The highest BCUT2D eigenvalue weighted by molar-refractivity contribution is 6.31. The van der Waals surface area contributed by atoms with Crippen LogP contribution < -0.4 is 10.7 Å². The Hall–Kier alpha value is -2.63. The second kappa shape index (κ2) is 8.80. The number of halogens is 1. The molecule has 6 heteroatoms. The van der Waals surface area contributed by atoms with Crippen molar-refractivity contribution in [3.8, 4) is 0 Å². The van der Waals surface area contributed by atoms with Gasteiger partial charge >= 0.3 is 0 Å². The molecule has 0 spiro atoms. The Morgan fingerprint density at radius 1 is 1.07 bits per heavy atom. The summed E-state index contributed by atoms with van der Waals surface area (Å²) in [5.74, 6) is -0.382. The van der Waals surface area contributed by atoms with Crippen LogP contribution in [0.25, 0.3) is 11.0 Å². The van der Waals surface area contributed by atoms with Gasteiger partial charge in [0.1, 0.15) is 5.58 Å². The lowest BCUT2D eigenvalue weighted by molar-refractivity contribution is 0.0897. The molecule has 150 valence electrons. The van der Waals surface area contributed by atoms with Crippen LogP contribution in [0.5, 0.6) is 0 Å². The van der Waals surface area contributed by atoms with Crippen molar-refractivity contribution in [3.05, 3.63) is 81.2 Å². The second-order valence-electron chi connectivity index (χ2n) is 7.32. The molecule has 4 rings (SSSR count). The third-order valence-electron chi connectivity index (χ3n) is 5.41. The van der Waals surface area contributed by atoms with E-state index >= 15 is 0 Å². The predicted molar refractivity (Wildman–Crippen MR) is 114 cm³/mol. The van der Waals surface area contributed by atoms with Crippen LogP contribution >= 0.6 is 11.6 Å². The molecule has 2 heterocycles. The van der Waals surface area contributed by atoms with Crippen molar-refractivity contribution in [2.75, 3.05) is 19.6 Å². The topological polar surface area (TPSA) is 62.6 Å². The Morgan fingerprint density at radius 3 is 2.59 bits per heavy atom. The number of likely N-dealkylation sites (tertiary alicyclic amines) is 1. The molecule has 0 radical (unpaired) electrons. The average molecular weight is 411 g/mol. The van der Waals surface area contributed by atoms with Gasteiger partial charge in [-0.15, -0.1) is 0 Å². The molecule has 0 bridgehead atoms. The van der Waals surface area contributed by atoms with Crippen LogP contribution in [0, 0.1) is 0 Å². The normalized spacial score (nSPS) is 15.9. The molecule has 1 fully saturated rings. The van der Waals surface area contributed by atoms with Crippen LogP contribution in [-0.2, 0) is 0 Å². The molecule has 1 amide bonds. The molecule has 1 atom stereocenters. The summed E-state index contributed by atoms with van der Waals surface area (Å²) in [6.07, 6.45) is 3.49. The minimum Gasteiger partial charge on any atom is -0.451 e. The largest absolute Gasteiger partial charge is 0.451 e. The molecule has 1 unspecified atom stereocenters. The average Bonchev–Trinajstić information content (AvgIpc) is 2.75. The number of benzene rings is 2. The van der Waals surface area contributed by atoms with Gasteiger partial charge in [-0.3, -0.25) is 14.5 Å². The summed E-state index contributed by atoms with van der Waals surface area (Å²) in [7, 11) is 0. The highest BCUT2D eigenvalue weighted by Gasteiger charge is 2.25. The van der Waals surface area contributed by atoms with Gasteiger partial charge in [0.15, 0.2) is 11.2 Å². The molecule has 0 saturated carbocycles. The van der Waals surface area contributed by atoms with Gasteiger partial charge in [0.05, 0.1) is 11.4 Å². The minimum absolute atomic E-state index is 0.0188. The molecule has 1 saturated heterocycles. The summed E-state index contributed by atoms with van der Waals surface area (Å²) < 4.78 is 5.66. The zero-order valence-corrected chi connectivity index (χ0v) is 16.8. The summed E-state index contributed by atoms with van der Waals surface area (Å²) >= 11 is 6.46. The second-order valence-corrected chi connectivity index (χ2v) is 7.72. The first kappa shape index (κ1) is 19.7. The van der Waals surface area contributed by atoms with Gasteiger partial charge in [-0.1, -0.05) is 48.4 Å². The lowest BCUT2D eigenvalue weighted by Crippen LogP contribution is -2.40. The number of carbonyl (C=O) groups excluding carboxylic acids is 1. The summed E-state index contributed by atoms with van der Waals surface area (Å²) in [5.41, 5.74) is 1.18. The van der Waals surface area contributed by atoms with E-state index in [0.29, 0.717) is 22.5 Å². The number of carbonyl (C=O) groups is 1. The molecule has 3 aromatic rings. The van der Waals surface area contributed by atoms with Gasteiger partial charge in [-0.25, -0.2) is 0 Å². The van der Waals surface area contributed by atoms with Crippen molar-refractivity contribution < 1.29 is 9.21 Å². The van der Waals surface area contributed by atoms with Crippen molar-refractivity contribution in [2.24, 2.45) is 0 Å². The lowest BCUT2D eigenvalue weighted by atomic mass is 10.0. The number of rotatable bonds is 5. The highest BCUT2D eigenvalue weighted by atomic mass is 35.5. The molecule has 2 aromatic carbocycles. The number of hydrogen-bond donors (Lipinski definition) is 1. The molecular formula is C23H23ClN2O3. The summed E-state index contributed by atoms with van der Waals surface area (Å²) in [4.78, 5) is 27.4. The van der Waals surface area contributed by atoms with E-state index in [0.717, 1.165) is 31.5 Å². The lowest BCUT2D eigenvalue weighted by Gasteiger charge is -2.35. The van der Waals surface area contributed by atoms with Crippen LogP contribution in [0.3, 0.4) is 0 Å². The number of nitrogens with one attached hydrogen (secondary N) is 1. The monoisotopic (exact) mass is 410 g/mol. The van der Waals surface area contributed by atoms with Crippen LogP contribution in [0.4, 0.5) is 0 Å². The zero-order valence-electron chi connectivity index (χ0n) is 16.1. The van der Waals surface area contributed by atoms with Crippen molar-refractivity contribution >= 4 is 28.5 Å². The van der Waals surface area contributed by atoms with Gasteiger partial charge in [0, 0.05) is 17.6 Å². The van der Waals surface area contributed by atoms with Gasteiger partial charge in [0.25, 0.3) is 5.91 Å². The van der Waals surface area contributed by atoms with Crippen LogP contribution in [0.15, 0.2) is 63.8 Å². The van der Waals surface area contributed by atoms with Crippen molar-refractivity contribution in [3.63, 3.8) is 0 Å². The van der Waals surface area contributed by atoms with Gasteiger partial charge in [0.2, 0.25) is 0 Å². The minimum atomic E-state index is -0.401. The number of amides is 1. The van der Waals surface area contributed by atoms with Crippen LogP contribution in [0.2, 0.25) is 5.02 Å². The van der Waals surface area contributed by atoms with E-state index in [-0.39, 0.29) is 17.2 Å². The van der Waals surface area contributed by atoms with Gasteiger partial charge in [-0.05, 0) is 49.7 Å². The summed E-state index contributed by atoms with van der Waals surface area (Å²) in [6, 6.07) is 15.9. The number of piperidine rings is 1. The smallest absolute Gasteiger partial charge is 0.287 e. The van der Waals surface area contributed by atoms with E-state index in [9.17, 15) is 9.59 Å². The Bertz CT molecular complexity index is 1070. The van der Waals surface area contributed by atoms with Crippen LogP contribution in [-0.4, -0.2) is 30.4 Å². The van der Waals surface area contributed by atoms with E-state index < -0.39 is 5.91 Å². The SMILES string of the molecule is O=C(NCC(c1ccccc1Cl)N1CCCCC1)c1cc(=O)c2ccccc2o1. The van der Waals surface area contributed by atoms with Crippen molar-refractivity contribution in [1.29, 1.82) is 0 Å². The van der Waals surface area contributed by atoms with E-state index in [1.54, 1.807) is 24.3 Å². The Kier molecular flexibility index (Phi) is 5.97. The maximum atomic E-state index is 12.7. The van der Waals surface area contributed by atoms with Crippen molar-refractivity contribution in [1.82, 2.24) is 10.2 Å². The Morgan fingerprint density at radius 2 is 1.79 bits per heavy atom. The van der Waals surface area contributed by atoms with E-state index in [1.165, 1.54) is 12.5 Å². The van der Waals surface area contributed by atoms with Crippen LogP contribution in [0.1, 0.15) is 41.4 Å². The molecule has 1 aliphatic heterocycles. The standard InChI is InChI=1S/C23H23ClN2O3/c24-18-10-4-2-8-16(18)19(26-12-6-1-7-13-26)15-25-23(28)22-14-20(27)17-9-3-5-11-21(17)29-22/h2-5,8-11,14,19H,1,6-7,12-13,15H2,(H,25,28). The first-order valence-electron chi connectivity index (χ1n) is 9.93. The fourth-order valence-electron chi connectivity index (χ4n) is 3.90. The highest BCUT2D eigenvalue weighted by Crippen LogP contribution is 2.29. The summed E-state index contributed by atoms with van der Waals surface area (Å²) in [6.45, 7) is 2.33. The first-order valence-corrected chi connectivity index (χ1v) is 10.3. The maximum absolute atomic E-state index is 12.7. The van der Waals surface area contributed by atoms with E-state index in [1.807, 2.05) is 24.3 Å². The molecule has 1 aromatic heterocycles. The first-order chi connectivity index (χ1) is 14.1. The van der Waals surface area contributed by atoms with E-state index in [4.69, 9.17) is 16.0 Å². The number of nitrogens with zero attached hydrogens (tertiary/aromatic N) is 1. The zero-order chi connectivity index (χ0) is 20.2. The molecule has 1 aliphatic rings. The fourth-order valence-corrected chi connectivity index (χ4v) is 4.17. The Balaban J connectivity index is 1.56. The summed E-state index contributed by atoms with van der Waals surface area (Å²) in [5, 5.41) is 4.10.